The van der Waals surface area contributed by atoms with Crippen LogP contribution in [0.2, 0.25) is 0 Å². The second kappa shape index (κ2) is 7.43. The van der Waals surface area contributed by atoms with Gasteiger partial charge < -0.3 is 19.3 Å². The van der Waals surface area contributed by atoms with Crippen LogP contribution in [0.3, 0.4) is 0 Å². The molecule has 1 rings (SSSR count). The van der Waals surface area contributed by atoms with Gasteiger partial charge in [-0.15, -0.1) is 0 Å². The number of ether oxygens (including phenoxy) is 3. The number of carboxylic acid groups (broad SMARTS) is 1. The zero-order chi connectivity index (χ0) is 14.3. The van der Waals surface area contributed by atoms with Crippen LogP contribution in [-0.4, -0.2) is 38.0 Å². The molecule has 0 aliphatic carbocycles. The van der Waals surface area contributed by atoms with Gasteiger partial charge in [-0.3, -0.25) is 0 Å². The third kappa shape index (κ3) is 4.63. The number of hydrogen-bond acceptors (Lipinski definition) is 4. The molecule has 1 aromatic carbocycles. The van der Waals surface area contributed by atoms with Crippen molar-refractivity contribution in [1.29, 1.82) is 0 Å². The Balaban J connectivity index is 2.99. The average molecular weight is 266 g/mol. The van der Waals surface area contributed by atoms with E-state index in [-0.39, 0.29) is 6.10 Å². The molecule has 5 heteroatoms. The lowest BCUT2D eigenvalue weighted by atomic mass is 10.1. The number of aliphatic carboxylic acids is 1. The molecule has 0 aliphatic rings. The monoisotopic (exact) mass is 266 g/mol. The van der Waals surface area contributed by atoms with Crippen molar-refractivity contribution in [1.82, 2.24) is 0 Å². The predicted molar refractivity (Wildman–Crippen MR) is 71.6 cm³/mol. The maximum Gasteiger partial charge on any atom is 0.328 e. The van der Waals surface area contributed by atoms with Crippen LogP contribution in [0.5, 0.6) is 11.5 Å². The lowest BCUT2D eigenvalue weighted by molar-refractivity contribution is -0.131. The molecular formula is C14H18O5. The highest BCUT2D eigenvalue weighted by Crippen LogP contribution is 2.32. The largest absolute Gasteiger partial charge is 0.493 e. The second-order valence-corrected chi connectivity index (χ2v) is 3.91. The first-order valence-corrected chi connectivity index (χ1v) is 5.82. The number of carbonyl (C=O) groups is 1. The van der Waals surface area contributed by atoms with Crippen LogP contribution < -0.4 is 9.47 Å². The van der Waals surface area contributed by atoms with Crippen LogP contribution in [0.25, 0.3) is 6.08 Å². The third-order valence-electron chi connectivity index (χ3n) is 2.50. The van der Waals surface area contributed by atoms with E-state index in [1.165, 1.54) is 13.2 Å². The van der Waals surface area contributed by atoms with Gasteiger partial charge in [-0.05, 0) is 19.1 Å². The van der Waals surface area contributed by atoms with E-state index in [0.29, 0.717) is 23.7 Å². The van der Waals surface area contributed by atoms with Crippen LogP contribution in [0, 0.1) is 0 Å². The van der Waals surface area contributed by atoms with Gasteiger partial charge in [0.05, 0.1) is 13.2 Å². The number of rotatable bonds is 7. The van der Waals surface area contributed by atoms with Crippen LogP contribution in [0.1, 0.15) is 12.5 Å². The van der Waals surface area contributed by atoms with Gasteiger partial charge in [0.1, 0.15) is 6.61 Å². The Kier molecular flexibility index (Phi) is 5.89. The summed E-state index contributed by atoms with van der Waals surface area (Å²) in [6, 6.07) is 5.28. The summed E-state index contributed by atoms with van der Waals surface area (Å²) in [5, 5.41) is 8.67. The molecule has 0 saturated heterocycles. The zero-order valence-corrected chi connectivity index (χ0v) is 11.3. The molecule has 104 valence electrons. The molecule has 1 unspecified atom stereocenters. The Morgan fingerprint density at radius 2 is 2.16 bits per heavy atom. The van der Waals surface area contributed by atoms with E-state index in [2.05, 4.69) is 0 Å². The standard InChI is InChI=1S/C14H18O5/c1-10(17-2)9-19-14-11(7-8-13(15)16)5-4-6-12(14)18-3/h4-8,10H,9H2,1-3H3,(H,15,16)/b8-7+. The molecule has 0 spiro atoms. The minimum absolute atomic E-state index is 0.0683. The Hall–Kier alpha value is -2.01. The average Bonchev–Trinajstić information content (AvgIpc) is 2.42. The van der Waals surface area contributed by atoms with Gasteiger partial charge >= 0.3 is 5.97 Å². The van der Waals surface area contributed by atoms with Gasteiger partial charge in [-0.1, -0.05) is 12.1 Å². The van der Waals surface area contributed by atoms with E-state index < -0.39 is 5.97 Å². The van der Waals surface area contributed by atoms with Crippen LogP contribution in [0.15, 0.2) is 24.3 Å². The van der Waals surface area contributed by atoms with Crippen molar-refractivity contribution < 1.29 is 24.1 Å². The molecule has 1 N–H and O–H groups in total. The highest BCUT2D eigenvalue weighted by molar-refractivity contribution is 5.86. The van der Waals surface area contributed by atoms with Crippen molar-refractivity contribution in [2.75, 3.05) is 20.8 Å². The van der Waals surface area contributed by atoms with Gasteiger partial charge in [0.25, 0.3) is 0 Å². The van der Waals surface area contributed by atoms with E-state index in [0.717, 1.165) is 6.08 Å². The molecule has 0 amide bonds. The summed E-state index contributed by atoms with van der Waals surface area (Å²) in [6.07, 6.45) is 2.46. The van der Waals surface area contributed by atoms with Gasteiger partial charge in [-0.25, -0.2) is 4.79 Å². The normalized spacial score (nSPS) is 12.4. The number of hydrogen-bond donors (Lipinski definition) is 1. The summed E-state index contributed by atoms with van der Waals surface area (Å²) in [5.74, 6) is 0.0428. The quantitative estimate of drug-likeness (QED) is 0.766. The summed E-state index contributed by atoms with van der Waals surface area (Å²) in [4.78, 5) is 10.6. The molecule has 1 atom stereocenters. The van der Waals surface area contributed by atoms with Crippen molar-refractivity contribution >= 4 is 12.0 Å². The van der Waals surface area contributed by atoms with Crippen LogP contribution in [-0.2, 0) is 9.53 Å². The number of para-hydroxylation sites is 1. The van der Waals surface area contributed by atoms with Crippen molar-refractivity contribution in [3.8, 4) is 11.5 Å². The van der Waals surface area contributed by atoms with E-state index in [1.54, 1.807) is 25.3 Å². The summed E-state index contributed by atoms with van der Waals surface area (Å²) >= 11 is 0. The van der Waals surface area contributed by atoms with Crippen molar-refractivity contribution in [3.05, 3.63) is 29.8 Å². The van der Waals surface area contributed by atoms with Crippen molar-refractivity contribution in [2.45, 2.75) is 13.0 Å². The molecule has 0 fully saturated rings. The maximum atomic E-state index is 10.6. The summed E-state index contributed by atoms with van der Waals surface area (Å²) in [5.41, 5.74) is 0.644. The first-order valence-electron chi connectivity index (χ1n) is 5.82. The molecule has 5 nitrogen and oxygen atoms in total. The Labute approximate surface area is 112 Å². The van der Waals surface area contributed by atoms with Gasteiger partial charge in [-0.2, -0.15) is 0 Å². The molecule has 0 saturated carbocycles. The number of methoxy groups -OCH3 is 2. The van der Waals surface area contributed by atoms with E-state index in [4.69, 9.17) is 19.3 Å². The highest BCUT2D eigenvalue weighted by Gasteiger charge is 2.10. The van der Waals surface area contributed by atoms with Crippen molar-refractivity contribution in [2.24, 2.45) is 0 Å². The van der Waals surface area contributed by atoms with Gasteiger partial charge in [0.15, 0.2) is 11.5 Å². The molecule has 0 radical (unpaired) electrons. The zero-order valence-electron chi connectivity index (χ0n) is 11.3. The minimum Gasteiger partial charge on any atom is -0.493 e. The maximum absolute atomic E-state index is 10.6. The predicted octanol–water partition coefficient (Wildman–Crippen LogP) is 2.21. The molecular weight excluding hydrogens is 248 g/mol. The van der Waals surface area contributed by atoms with Crippen molar-refractivity contribution in [3.63, 3.8) is 0 Å². The third-order valence-corrected chi connectivity index (χ3v) is 2.50. The van der Waals surface area contributed by atoms with Gasteiger partial charge in [0.2, 0.25) is 0 Å². The molecule has 0 aliphatic heterocycles. The molecule has 0 aromatic heterocycles. The topological polar surface area (TPSA) is 65.0 Å². The lowest BCUT2D eigenvalue weighted by Gasteiger charge is -2.16. The molecule has 0 heterocycles. The first kappa shape index (κ1) is 15.0. The smallest absolute Gasteiger partial charge is 0.328 e. The van der Waals surface area contributed by atoms with E-state index in [1.807, 2.05) is 6.92 Å². The SMILES string of the molecule is COc1cccc(/C=C/C(=O)O)c1OCC(C)OC. The minimum atomic E-state index is -1.01. The number of carboxylic acids is 1. The number of benzene rings is 1. The molecule has 1 aromatic rings. The summed E-state index contributed by atoms with van der Waals surface area (Å²) < 4.78 is 16.0. The first-order chi connectivity index (χ1) is 9.08. The van der Waals surface area contributed by atoms with Crippen LogP contribution in [0.4, 0.5) is 0 Å². The second-order valence-electron chi connectivity index (χ2n) is 3.91. The van der Waals surface area contributed by atoms with Crippen LogP contribution >= 0.6 is 0 Å². The highest BCUT2D eigenvalue weighted by atomic mass is 16.5. The molecule has 19 heavy (non-hydrogen) atoms. The lowest BCUT2D eigenvalue weighted by Crippen LogP contribution is -2.16. The summed E-state index contributed by atoms with van der Waals surface area (Å²) in [7, 11) is 3.13. The Bertz CT molecular complexity index is 453. The van der Waals surface area contributed by atoms with E-state index in [9.17, 15) is 4.79 Å². The van der Waals surface area contributed by atoms with Gasteiger partial charge in [0, 0.05) is 18.7 Å². The van der Waals surface area contributed by atoms with E-state index >= 15 is 0 Å². The Morgan fingerprint density at radius 1 is 1.42 bits per heavy atom. The Morgan fingerprint density at radius 3 is 2.74 bits per heavy atom. The fourth-order valence-corrected chi connectivity index (χ4v) is 1.41. The fraction of sp³-hybridized carbons (Fsp3) is 0.357. The molecule has 0 bridgehead atoms. The fourth-order valence-electron chi connectivity index (χ4n) is 1.41. The summed E-state index contributed by atoms with van der Waals surface area (Å²) in [6.45, 7) is 2.23.